The van der Waals surface area contributed by atoms with Crippen LogP contribution >= 0.6 is 0 Å². The maximum absolute atomic E-state index is 12.9. The zero-order chi connectivity index (χ0) is 58.5. The van der Waals surface area contributed by atoms with Gasteiger partial charge in [0.15, 0.2) is 6.10 Å². The van der Waals surface area contributed by atoms with Crippen LogP contribution in [0.5, 0.6) is 0 Å². The zero-order valence-electron chi connectivity index (χ0n) is 53.0. The van der Waals surface area contributed by atoms with Crippen LogP contribution in [-0.4, -0.2) is 37.2 Å². The monoisotopic (exact) mass is 1120 g/mol. The van der Waals surface area contributed by atoms with Crippen molar-refractivity contribution in [1.82, 2.24) is 0 Å². The van der Waals surface area contributed by atoms with Gasteiger partial charge in [-0.2, -0.15) is 0 Å². The summed E-state index contributed by atoms with van der Waals surface area (Å²) in [4.78, 5) is 38.3. The average molecular weight is 1120 g/mol. The molecule has 0 aromatic heterocycles. The molecule has 0 aliphatic carbocycles. The van der Waals surface area contributed by atoms with Crippen molar-refractivity contribution in [2.45, 2.75) is 322 Å². The van der Waals surface area contributed by atoms with E-state index < -0.39 is 6.10 Å². The summed E-state index contributed by atoms with van der Waals surface area (Å²) >= 11 is 0. The van der Waals surface area contributed by atoms with E-state index in [-0.39, 0.29) is 37.5 Å². The molecule has 0 bridgehead atoms. The van der Waals surface area contributed by atoms with Crippen LogP contribution in [0, 0.1) is 0 Å². The van der Waals surface area contributed by atoms with Gasteiger partial charge in [0, 0.05) is 19.3 Å². The Morgan fingerprint density at radius 1 is 0.259 bits per heavy atom. The Kier molecular flexibility index (Phi) is 64.8. The van der Waals surface area contributed by atoms with Gasteiger partial charge in [0.2, 0.25) is 0 Å². The summed E-state index contributed by atoms with van der Waals surface area (Å²) in [5.41, 5.74) is 0. The van der Waals surface area contributed by atoms with Crippen LogP contribution in [0.4, 0.5) is 0 Å². The maximum Gasteiger partial charge on any atom is 0.306 e. The first kappa shape index (κ1) is 76.8. The molecule has 6 nitrogen and oxygen atoms in total. The molecule has 0 saturated carbocycles. The van der Waals surface area contributed by atoms with E-state index in [1.807, 2.05) is 0 Å². The molecule has 1 atom stereocenters. The van der Waals surface area contributed by atoms with Gasteiger partial charge < -0.3 is 14.2 Å². The molecule has 0 aromatic rings. The van der Waals surface area contributed by atoms with E-state index in [1.165, 1.54) is 161 Å². The van der Waals surface area contributed by atoms with Crippen LogP contribution in [0.2, 0.25) is 0 Å². The van der Waals surface area contributed by atoms with Crippen LogP contribution in [0.1, 0.15) is 316 Å². The van der Waals surface area contributed by atoms with Gasteiger partial charge in [-0.15, -0.1) is 0 Å². The third kappa shape index (κ3) is 66.5. The lowest BCUT2D eigenvalue weighted by Crippen LogP contribution is -2.30. The van der Waals surface area contributed by atoms with E-state index in [9.17, 15) is 14.4 Å². The number of carbonyl (C=O) groups is 3. The molecular formula is C75H126O6. The zero-order valence-corrected chi connectivity index (χ0v) is 53.0. The Balaban J connectivity index is 4.29. The summed E-state index contributed by atoms with van der Waals surface area (Å²) in [7, 11) is 0. The molecule has 462 valence electrons. The van der Waals surface area contributed by atoms with Crippen molar-refractivity contribution >= 4 is 17.9 Å². The van der Waals surface area contributed by atoms with Crippen LogP contribution in [-0.2, 0) is 28.6 Å². The first-order valence-corrected chi connectivity index (χ1v) is 34.0. The van der Waals surface area contributed by atoms with Crippen LogP contribution in [0.3, 0.4) is 0 Å². The fourth-order valence-corrected chi connectivity index (χ4v) is 9.45. The average Bonchev–Trinajstić information content (AvgIpc) is 3.47. The van der Waals surface area contributed by atoms with E-state index in [4.69, 9.17) is 14.2 Å². The van der Waals surface area contributed by atoms with Crippen LogP contribution < -0.4 is 0 Å². The number of carbonyl (C=O) groups excluding carboxylic acids is 3. The molecule has 0 radical (unpaired) electrons. The highest BCUT2D eigenvalue weighted by Gasteiger charge is 2.19. The molecule has 0 fully saturated rings. The van der Waals surface area contributed by atoms with Crippen molar-refractivity contribution in [3.63, 3.8) is 0 Å². The smallest absolute Gasteiger partial charge is 0.306 e. The molecule has 6 heteroatoms. The minimum Gasteiger partial charge on any atom is -0.462 e. The van der Waals surface area contributed by atoms with Crippen molar-refractivity contribution in [2.24, 2.45) is 0 Å². The number of rotatable bonds is 61. The lowest BCUT2D eigenvalue weighted by atomic mass is 10.0. The van der Waals surface area contributed by atoms with E-state index in [0.29, 0.717) is 19.3 Å². The number of esters is 3. The third-order valence-electron chi connectivity index (χ3n) is 14.5. The molecule has 0 heterocycles. The Labute approximate surface area is 501 Å². The molecule has 0 aliphatic rings. The molecule has 81 heavy (non-hydrogen) atoms. The molecule has 0 aliphatic heterocycles. The van der Waals surface area contributed by atoms with E-state index in [0.717, 1.165) is 109 Å². The highest BCUT2D eigenvalue weighted by atomic mass is 16.6. The minimum atomic E-state index is -0.809. The Morgan fingerprint density at radius 3 is 0.790 bits per heavy atom. The summed E-state index contributed by atoms with van der Waals surface area (Å²) in [5, 5.41) is 0. The summed E-state index contributed by atoms with van der Waals surface area (Å²) in [6.07, 6.45) is 95.1. The Morgan fingerprint density at radius 2 is 0.494 bits per heavy atom. The predicted molar refractivity (Wildman–Crippen MR) is 353 cm³/mol. The second kappa shape index (κ2) is 68.3. The number of hydrogen-bond acceptors (Lipinski definition) is 6. The summed E-state index contributed by atoms with van der Waals surface area (Å²) in [5.74, 6) is -0.946. The molecule has 0 rings (SSSR count). The van der Waals surface area contributed by atoms with Gasteiger partial charge in [-0.3, -0.25) is 14.4 Å². The molecule has 0 saturated heterocycles. The van der Waals surface area contributed by atoms with Crippen molar-refractivity contribution in [1.29, 1.82) is 0 Å². The number of ether oxygens (including phenoxy) is 3. The van der Waals surface area contributed by atoms with Crippen molar-refractivity contribution in [2.75, 3.05) is 13.2 Å². The number of unbranched alkanes of at least 4 members (excludes halogenated alkanes) is 30. The SMILES string of the molecule is CC/C=C\C/C=C\C/C=C\C/C=C\C/C=C\CCCCCCCCCCCCCCCCCC(=O)OCC(COC(=O)CCCCCCCCCCCCCCCCC)OC(=O)CCC/C=C\C/C=C\C/C=C\C/C=C\C/C=C\CC. The molecule has 0 aromatic carbocycles. The van der Waals surface area contributed by atoms with Gasteiger partial charge in [0.1, 0.15) is 13.2 Å². The van der Waals surface area contributed by atoms with Gasteiger partial charge >= 0.3 is 17.9 Å². The molecule has 0 amide bonds. The first-order chi connectivity index (χ1) is 40.0. The van der Waals surface area contributed by atoms with Gasteiger partial charge in [-0.25, -0.2) is 0 Å². The summed E-state index contributed by atoms with van der Waals surface area (Å²) in [6, 6.07) is 0. The second-order valence-corrected chi connectivity index (χ2v) is 22.3. The standard InChI is InChI=1S/C75H126O6/c1-4-7-10-13-16-19-22-25-28-30-31-32-33-34-35-36-37-38-39-40-41-42-43-45-47-50-53-56-59-62-65-68-74(77)80-71-72(70-79-73(76)67-64-61-58-55-52-49-46-27-24-21-18-15-12-9-6-3)81-75(78)69-66-63-60-57-54-51-48-44-29-26-23-20-17-14-11-8-5-2/h7-8,10-11,16-17,19-20,25-26,28-29,31-32,34-35,48,51,57,60,72H,4-6,9,12-15,18,21-24,27,30,33,36-47,49-50,52-56,58-59,61-71H2,1-3H3/b10-7-,11-8-,19-16-,20-17-,28-25-,29-26-,32-31-,35-34-,51-48-,60-57-. The van der Waals surface area contributed by atoms with Crippen molar-refractivity contribution < 1.29 is 28.6 Å². The predicted octanol–water partition coefficient (Wildman–Crippen LogP) is 23.6. The first-order valence-electron chi connectivity index (χ1n) is 34.0. The summed E-state index contributed by atoms with van der Waals surface area (Å²) in [6.45, 7) is 6.40. The van der Waals surface area contributed by atoms with Crippen LogP contribution in [0.25, 0.3) is 0 Å². The maximum atomic E-state index is 12.9. The van der Waals surface area contributed by atoms with E-state index in [1.54, 1.807) is 0 Å². The van der Waals surface area contributed by atoms with Gasteiger partial charge in [0.05, 0.1) is 0 Å². The lowest BCUT2D eigenvalue weighted by Gasteiger charge is -2.18. The molecular weight excluding hydrogens is 997 g/mol. The highest BCUT2D eigenvalue weighted by Crippen LogP contribution is 2.17. The van der Waals surface area contributed by atoms with Gasteiger partial charge in [0.25, 0.3) is 0 Å². The Bertz CT molecular complexity index is 1670. The fraction of sp³-hybridized carbons (Fsp3) is 0.693. The topological polar surface area (TPSA) is 78.9 Å². The van der Waals surface area contributed by atoms with E-state index >= 15 is 0 Å². The highest BCUT2D eigenvalue weighted by molar-refractivity contribution is 5.71. The fourth-order valence-electron chi connectivity index (χ4n) is 9.45. The summed E-state index contributed by atoms with van der Waals surface area (Å²) < 4.78 is 16.9. The second-order valence-electron chi connectivity index (χ2n) is 22.3. The number of hydrogen-bond donors (Lipinski definition) is 0. The van der Waals surface area contributed by atoms with Gasteiger partial charge in [-0.1, -0.05) is 316 Å². The molecule has 1 unspecified atom stereocenters. The van der Waals surface area contributed by atoms with Gasteiger partial charge in [-0.05, 0) is 103 Å². The van der Waals surface area contributed by atoms with Crippen LogP contribution in [0.15, 0.2) is 122 Å². The minimum absolute atomic E-state index is 0.0984. The molecule has 0 N–H and O–H groups in total. The third-order valence-corrected chi connectivity index (χ3v) is 14.5. The van der Waals surface area contributed by atoms with Crippen molar-refractivity contribution in [3.05, 3.63) is 122 Å². The molecule has 0 spiro atoms. The van der Waals surface area contributed by atoms with Crippen molar-refractivity contribution in [3.8, 4) is 0 Å². The normalized spacial score (nSPS) is 12.9. The number of allylic oxidation sites excluding steroid dienone is 20. The van der Waals surface area contributed by atoms with E-state index in [2.05, 4.69) is 142 Å². The largest absolute Gasteiger partial charge is 0.462 e. The quantitative estimate of drug-likeness (QED) is 0.0261. The Hall–Kier alpha value is -4.19. The lowest BCUT2D eigenvalue weighted by molar-refractivity contribution is -0.167.